The van der Waals surface area contributed by atoms with Crippen molar-refractivity contribution in [1.82, 2.24) is 10.2 Å². The quantitative estimate of drug-likeness (QED) is 0.820. The fraction of sp³-hybridized carbons (Fsp3) is 0.562. The summed E-state index contributed by atoms with van der Waals surface area (Å²) in [6.45, 7) is 1.23. The van der Waals surface area contributed by atoms with E-state index in [4.69, 9.17) is 4.74 Å². The van der Waals surface area contributed by atoms with E-state index in [1.54, 1.807) is 11.0 Å². The van der Waals surface area contributed by atoms with E-state index < -0.39 is 30.0 Å². The largest absolute Gasteiger partial charge is 0.416 e. The Morgan fingerprint density at radius 2 is 2.12 bits per heavy atom. The lowest BCUT2D eigenvalue weighted by molar-refractivity contribution is -0.142. The lowest BCUT2D eigenvalue weighted by Crippen LogP contribution is -2.49. The number of ether oxygens (including phenoxy) is 1. The molecule has 3 unspecified atom stereocenters. The van der Waals surface area contributed by atoms with E-state index in [0.29, 0.717) is 25.1 Å². The average Bonchev–Trinajstić information content (AvgIpc) is 3.00. The predicted octanol–water partition coefficient (Wildman–Crippen LogP) is 1.75. The van der Waals surface area contributed by atoms with Crippen molar-refractivity contribution in [2.75, 3.05) is 26.2 Å². The monoisotopic (exact) mass is 380 g/mol. The summed E-state index contributed by atoms with van der Waals surface area (Å²) in [4.78, 5) is 14.1. The molecule has 3 rings (SSSR count). The molecular formula is C16H20ClF3N2O3. The maximum atomic E-state index is 12.8. The highest BCUT2D eigenvalue weighted by atomic mass is 35.5. The smallest absolute Gasteiger partial charge is 0.392 e. The molecule has 2 saturated heterocycles. The highest BCUT2D eigenvalue weighted by molar-refractivity contribution is 5.85. The molecule has 0 bridgehead atoms. The summed E-state index contributed by atoms with van der Waals surface area (Å²) >= 11 is 0. The first-order chi connectivity index (χ1) is 11.3. The lowest BCUT2D eigenvalue weighted by atomic mass is 10.0. The summed E-state index contributed by atoms with van der Waals surface area (Å²) in [7, 11) is 0. The molecule has 0 radical (unpaired) electrons. The zero-order valence-corrected chi connectivity index (χ0v) is 14.1. The van der Waals surface area contributed by atoms with Gasteiger partial charge >= 0.3 is 6.18 Å². The summed E-state index contributed by atoms with van der Waals surface area (Å²) in [5.41, 5.74) is -0.325. The van der Waals surface area contributed by atoms with Gasteiger partial charge < -0.3 is 20.1 Å². The first kappa shape index (κ1) is 20.0. The number of carbonyl (C=O) groups excluding carboxylic acids is 1. The van der Waals surface area contributed by atoms with Crippen molar-refractivity contribution in [2.24, 2.45) is 0 Å². The highest BCUT2D eigenvalue weighted by Crippen LogP contribution is 2.32. The van der Waals surface area contributed by atoms with Crippen LogP contribution in [0, 0.1) is 0 Å². The molecule has 9 heteroatoms. The predicted molar refractivity (Wildman–Crippen MR) is 86.4 cm³/mol. The van der Waals surface area contributed by atoms with Crippen molar-refractivity contribution in [3.63, 3.8) is 0 Å². The second-order valence-electron chi connectivity index (χ2n) is 6.12. The van der Waals surface area contributed by atoms with E-state index in [2.05, 4.69) is 5.32 Å². The molecule has 2 fully saturated rings. The van der Waals surface area contributed by atoms with Crippen LogP contribution in [0.3, 0.4) is 0 Å². The van der Waals surface area contributed by atoms with Crippen LogP contribution in [0.15, 0.2) is 24.3 Å². The number of rotatable bonds is 2. The lowest BCUT2D eigenvalue weighted by Gasteiger charge is -2.34. The van der Waals surface area contributed by atoms with Gasteiger partial charge in [0.05, 0.1) is 30.9 Å². The van der Waals surface area contributed by atoms with E-state index in [0.717, 1.165) is 12.1 Å². The maximum Gasteiger partial charge on any atom is 0.416 e. The van der Waals surface area contributed by atoms with Crippen LogP contribution >= 0.6 is 12.4 Å². The Morgan fingerprint density at radius 1 is 1.36 bits per heavy atom. The van der Waals surface area contributed by atoms with Crippen molar-refractivity contribution in [2.45, 2.75) is 30.8 Å². The third kappa shape index (κ3) is 4.63. The van der Waals surface area contributed by atoms with E-state index in [-0.39, 0.29) is 31.5 Å². The number of benzene rings is 1. The average molecular weight is 381 g/mol. The number of morpholine rings is 1. The molecule has 0 aliphatic carbocycles. The topological polar surface area (TPSA) is 61.8 Å². The fourth-order valence-electron chi connectivity index (χ4n) is 3.09. The minimum Gasteiger partial charge on any atom is -0.392 e. The number of nitrogens with zero attached hydrogens (tertiary/aromatic N) is 1. The van der Waals surface area contributed by atoms with Gasteiger partial charge in [0.15, 0.2) is 0 Å². The molecule has 0 saturated carbocycles. The van der Waals surface area contributed by atoms with E-state index >= 15 is 0 Å². The molecule has 2 N–H and O–H groups in total. The van der Waals surface area contributed by atoms with Crippen LogP contribution in [-0.2, 0) is 15.7 Å². The van der Waals surface area contributed by atoms with Crippen molar-refractivity contribution >= 4 is 18.3 Å². The second kappa shape index (κ2) is 7.90. The highest BCUT2D eigenvalue weighted by Gasteiger charge is 2.35. The molecular weight excluding hydrogens is 361 g/mol. The Labute approximate surface area is 149 Å². The molecule has 3 atom stereocenters. The van der Waals surface area contributed by atoms with Crippen molar-refractivity contribution in [3.05, 3.63) is 35.4 Å². The first-order valence-electron chi connectivity index (χ1n) is 7.83. The van der Waals surface area contributed by atoms with Crippen LogP contribution in [0.4, 0.5) is 13.2 Å². The van der Waals surface area contributed by atoms with Crippen molar-refractivity contribution in [3.8, 4) is 0 Å². The number of hydrogen-bond acceptors (Lipinski definition) is 4. The number of amides is 1. The van der Waals surface area contributed by atoms with Gasteiger partial charge in [0, 0.05) is 13.1 Å². The first-order valence-corrected chi connectivity index (χ1v) is 7.83. The maximum absolute atomic E-state index is 12.8. The van der Waals surface area contributed by atoms with Crippen molar-refractivity contribution < 1.29 is 27.8 Å². The molecule has 0 spiro atoms. The number of aliphatic hydroxyl groups is 1. The number of carbonyl (C=O) groups is 1. The van der Waals surface area contributed by atoms with Gasteiger partial charge in [0.25, 0.3) is 0 Å². The number of hydrogen-bond donors (Lipinski definition) is 2. The van der Waals surface area contributed by atoms with Gasteiger partial charge in [-0.1, -0.05) is 12.1 Å². The molecule has 2 aliphatic rings. The van der Waals surface area contributed by atoms with Gasteiger partial charge in [-0.05, 0) is 24.1 Å². The van der Waals surface area contributed by atoms with Gasteiger partial charge in [-0.2, -0.15) is 13.2 Å². The third-order valence-electron chi connectivity index (χ3n) is 4.37. The summed E-state index contributed by atoms with van der Waals surface area (Å²) in [6, 6.07) is 4.55. The Hall–Kier alpha value is -1.35. The van der Waals surface area contributed by atoms with Crippen molar-refractivity contribution in [1.29, 1.82) is 0 Å². The van der Waals surface area contributed by atoms with Gasteiger partial charge in [-0.25, -0.2) is 0 Å². The minimum absolute atomic E-state index is 0. The third-order valence-corrected chi connectivity index (χ3v) is 4.37. The molecule has 2 aliphatic heterocycles. The molecule has 1 amide bonds. The molecule has 25 heavy (non-hydrogen) atoms. The fourth-order valence-corrected chi connectivity index (χ4v) is 3.09. The second-order valence-corrected chi connectivity index (χ2v) is 6.12. The minimum atomic E-state index is -4.41. The SMILES string of the molecule is Cl.O=C(C1CC(O)CN1)N1CCOC(c2cccc(C(F)(F)F)c2)C1. The normalized spacial score (nSPS) is 27.0. The molecule has 5 nitrogen and oxygen atoms in total. The van der Waals surface area contributed by atoms with Crippen LogP contribution in [0.2, 0.25) is 0 Å². The Kier molecular flexibility index (Phi) is 6.31. The van der Waals surface area contributed by atoms with Gasteiger partial charge in [0.2, 0.25) is 5.91 Å². The van der Waals surface area contributed by atoms with Gasteiger partial charge in [-0.3, -0.25) is 4.79 Å². The summed E-state index contributed by atoms with van der Waals surface area (Å²) in [5.74, 6) is -0.146. The van der Waals surface area contributed by atoms with E-state index in [1.165, 1.54) is 6.07 Å². The number of aliphatic hydroxyl groups excluding tert-OH is 1. The van der Waals surface area contributed by atoms with Gasteiger partial charge in [-0.15, -0.1) is 12.4 Å². The van der Waals surface area contributed by atoms with Crippen LogP contribution in [0.5, 0.6) is 0 Å². The Morgan fingerprint density at radius 3 is 2.76 bits per heavy atom. The molecule has 1 aromatic carbocycles. The molecule has 0 aromatic heterocycles. The number of halogens is 4. The van der Waals surface area contributed by atoms with Crippen LogP contribution in [0.1, 0.15) is 23.7 Å². The van der Waals surface area contributed by atoms with Gasteiger partial charge in [0.1, 0.15) is 6.10 Å². The Bertz CT molecular complexity index is 615. The molecule has 140 valence electrons. The van der Waals surface area contributed by atoms with Crippen LogP contribution < -0.4 is 5.32 Å². The van der Waals surface area contributed by atoms with E-state index in [1.807, 2.05) is 0 Å². The summed E-state index contributed by atoms with van der Waals surface area (Å²) in [6.07, 6.45) is -5.19. The number of nitrogens with one attached hydrogen (secondary N) is 1. The summed E-state index contributed by atoms with van der Waals surface area (Å²) < 4.78 is 44.1. The van der Waals surface area contributed by atoms with Crippen LogP contribution in [0.25, 0.3) is 0 Å². The zero-order chi connectivity index (χ0) is 17.3. The number of alkyl halides is 3. The standard InChI is InChI=1S/C16H19F3N2O3.ClH/c17-16(18,19)11-3-1-2-10(6-11)14-9-21(4-5-24-14)15(23)13-7-12(22)8-20-13;/h1-3,6,12-14,20,22H,4-5,7-9H2;1H. The number of β-amino-alcohol motifs (C(OH)–C–C–N with tert-alkyl or cyclic N) is 1. The Balaban J connectivity index is 0.00000225. The summed E-state index contributed by atoms with van der Waals surface area (Å²) in [5, 5.41) is 12.5. The van der Waals surface area contributed by atoms with Crippen LogP contribution in [-0.4, -0.2) is 54.3 Å². The molecule has 1 aromatic rings. The van der Waals surface area contributed by atoms with E-state index in [9.17, 15) is 23.1 Å². The zero-order valence-electron chi connectivity index (χ0n) is 13.3. The molecule has 2 heterocycles.